The van der Waals surface area contributed by atoms with Crippen LogP contribution in [0.4, 0.5) is 0 Å². The van der Waals surface area contributed by atoms with Crippen molar-refractivity contribution in [2.24, 2.45) is 0 Å². The van der Waals surface area contributed by atoms with Gasteiger partial charge in [0.25, 0.3) is 11.7 Å². The number of hydrogen-bond donors (Lipinski definition) is 1. The smallest absolute Gasteiger partial charge is 0.295 e. The lowest BCUT2D eigenvalue weighted by Gasteiger charge is -2.25. The molecule has 1 saturated heterocycles. The molecule has 1 N–H and O–H groups in total. The number of carbonyl (C=O) groups is 2. The Labute approximate surface area is 207 Å². The normalized spacial score (nSPS) is 17.4. The molecule has 1 aliphatic heterocycles. The molecule has 8 heteroatoms. The number of aromatic nitrogens is 1. The van der Waals surface area contributed by atoms with Crippen molar-refractivity contribution >= 4 is 40.7 Å². The summed E-state index contributed by atoms with van der Waals surface area (Å²) in [6.45, 7) is 3.95. The van der Waals surface area contributed by atoms with Crippen LogP contribution in [0.5, 0.6) is 5.75 Å². The van der Waals surface area contributed by atoms with Crippen molar-refractivity contribution in [1.82, 2.24) is 9.88 Å². The summed E-state index contributed by atoms with van der Waals surface area (Å²) in [5.41, 5.74) is 1.66. The quantitative estimate of drug-likeness (QED) is 0.265. The number of ether oxygens (including phenoxy) is 1. The highest BCUT2D eigenvalue weighted by Crippen LogP contribution is 2.41. The standard InChI is InChI=1S/C26H22Cl2N2O4/c1-15(2)34-19-8-5-17(6-9-19)24(31)22-23(18-7-10-20(27)21(28)12-18)30(26(33)25(22)32)14-16-4-3-11-29-13-16/h3-13,15,23,31H,14H2,1-2H3/t23-/m1/s1. The zero-order valence-corrected chi connectivity index (χ0v) is 20.0. The number of likely N-dealkylation sites (tertiary alicyclic amines) is 1. The molecule has 1 fully saturated rings. The van der Waals surface area contributed by atoms with E-state index >= 15 is 0 Å². The molecule has 2 heterocycles. The minimum Gasteiger partial charge on any atom is -0.507 e. The van der Waals surface area contributed by atoms with Gasteiger partial charge in [-0.25, -0.2) is 0 Å². The zero-order valence-electron chi connectivity index (χ0n) is 18.5. The molecule has 3 aromatic rings. The molecule has 1 atom stereocenters. The molecule has 1 amide bonds. The number of benzene rings is 2. The summed E-state index contributed by atoms with van der Waals surface area (Å²) in [5.74, 6) is -1.15. The second-order valence-electron chi connectivity index (χ2n) is 8.15. The third-order valence-corrected chi connectivity index (χ3v) is 6.11. The molecular formula is C26H22Cl2N2O4. The van der Waals surface area contributed by atoms with Crippen LogP contribution in [-0.4, -0.2) is 32.8 Å². The van der Waals surface area contributed by atoms with Crippen LogP contribution in [0.25, 0.3) is 5.76 Å². The van der Waals surface area contributed by atoms with Crippen LogP contribution in [0.1, 0.15) is 36.6 Å². The van der Waals surface area contributed by atoms with Gasteiger partial charge in [-0.1, -0.05) is 35.3 Å². The van der Waals surface area contributed by atoms with Crippen LogP contribution in [0.3, 0.4) is 0 Å². The summed E-state index contributed by atoms with van der Waals surface area (Å²) in [6, 6.07) is 14.3. The van der Waals surface area contributed by atoms with Gasteiger partial charge in [0.15, 0.2) is 0 Å². The fourth-order valence-corrected chi connectivity index (χ4v) is 4.19. The van der Waals surface area contributed by atoms with Crippen molar-refractivity contribution in [3.63, 3.8) is 0 Å². The number of amides is 1. The van der Waals surface area contributed by atoms with Gasteiger partial charge in [0.2, 0.25) is 0 Å². The Balaban J connectivity index is 1.82. The lowest BCUT2D eigenvalue weighted by molar-refractivity contribution is -0.140. The van der Waals surface area contributed by atoms with Crippen LogP contribution >= 0.6 is 23.2 Å². The van der Waals surface area contributed by atoms with Crippen LogP contribution in [0.15, 0.2) is 72.6 Å². The van der Waals surface area contributed by atoms with E-state index in [9.17, 15) is 14.7 Å². The minimum absolute atomic E-state index is 0.00750. The van der Waals surface area contributed by atoms with Crippen molar-refractivity contribution in [2.75, 3.05) is 0 Å². The fourth-order valence-electron chi connectivity index (χ4n) is 3.88. The maximum atomic E-state index is 13.2. The van der Waals surface area contributed by atoms with Gasteiger partial charge < -0.3 is 14.7 Å². The lowest BCUT2D eigenvalue weighted by atomic mass is 9.95. The Morgan fingerprint density at radius 2 is 1.82 bits per heavy atom. The van der Waals surface area contributed by atoms with Gasteiger partial charge in [-0.3, -0.25) is 14.6 Å². The van der Waals surface area contributed by atoms with Crippen molar-refractivity contribution in [3.05, 3.63) is 99.3 Å². The predicted octanol–water partition coefficient (Wildman–Crippen LogP) is 5.80. The zero-order chi connectivity index (χ0) is 24.4. The molecule has 0 unspecified atom stereocenters. The highest BCUT2D eigenvalue weighted by Gasteiger charge is 2.46. The van der Waals surface area contributed by atoms with E-state index in [4.69, 9.17) is 27.9 Å². The molecular weight excluding hydrogens is 475 g/mol. The molecule has 1 aromatic heterocycles. The molecule has 6 nitrogen and oxygen atoms in total. The fraction of sp³-hybridized carbons (Fsp3) is 0.192. The van der Waals surface area contributed by atoms with Crippen molar-refractivity contribution in [1.29, 1.82) is 0 Å². The Morgan fingerprint density at radius 1 is 1.09 bits per heavy atom. The molecule has 34 heavy (non-hydrogen) atoms. The maximum absolute atomic E-state index is 13.2. The number of ketones is 1. The number of halogens is 2. The molecule has 174 valence electrons. The average molecular weight is 497 g/mol. The van der Waals surface area contributed by atoms with E-state index in [1.807, 2.05) is 19.9 Å². The van der Waals surface area contributed by atoms with Crippen molar-refractivity contribution < 1.29 is 19.4 Å². The van der Waals surface area contributed by atoms with Gasteiger partial charge in [0.05, 0.1) is 27.8 Å². The Kier molecular flexibility index (Phi) is 6.91. The summed E-state index contributed by atoms with van der Waals surface area (Å²) >= 11 is 12.3. The van der Waals surface area contributed by atoms with E-state index in [-0.39, 0.29) is 29.0 Å². The maximum Gasteiger partial charge on any atom is 0.295 e. The number of Topliss-reactive ketones (excluding diaryl/α,β-unsaturated/α-hetero) is 1. The molecule has 0 saturated carbocycles. The van der Waals surface area contributed by atoms with Gasteiger partial charge >= 0.3 is 0 Å². The number of carbonyl (C=O) groups excluding carboxylic acids is 2. The van der Waals surface area contributed by atoms with Crippen LogP contribution in [0, 0.1) is 0 Å². The van der Waals surface area contributed by atoms with Gasteiger partial charge in [-0.2, -0.15) is 0 Å². The largest absolute Gasteiger partial charge is 0.507 e. The third kappa shape index (κ3) is 4.79. The summed E-state index contributed by atoms with van der Waals surface area (Å²) in [7, 11) is 0. The molecule has 0 spiro atoms. The molecule has 1 aliphatic rings. The predicted molar refractivity (Wildman–Crippen MR) is 131 cm³/mol. The van der Waals surface area contributed by atoms with E-state index in [1.165, 1.54) is 4.90 Å². The van der Waals surface area contributed by atoms with Gasteiger partial charge in [0, 0.05) is 24.5 Å². The van der Waals surface area contributed by atoms with Crippen molar-refractivity contribution in [3.8, 4) is 5.75 Å². The molecule has 0 radical (unpaired) electrons. The van der Waals surface area contributed by atoms with E-state index in [0.29, 0.717) is 21.9 Å². The first-order valence-corrected chi connectivity index (χ1v) is 11.4. The number of rotatable bonds is 6. The summed E-state index contributed by atoms with van der Waals surface area (Å²) in [5, 5.41) is 11.8. The van der Waals surface area contributed by atoms with Gasteiger partial charge in [-0.15, -0.1) is 0 Å². The second kappa shape index (κ2) is 9.87. The third-order valence-electron chi connectivity index (χ3n) is 5.37. The van der Waals surface area contributed by atoms with Crippen LogP contribution in [0.2, 0.25) is 10.0 Å². The SMILES string of the molecule is CC(C)Oc1ccc(C(O)=C2C(=O)C(=O)N(Cc3cccnc3)[C@@H]2c2ccc(Cl)c(Cl)c2)cc1. The Morgan fingerprint density at radius 3 is 2.44 bits per heavy atom. The van der Waals surface area contributed by atoms with E-state index in [1.54, 1.807) is 60.9 Å². The van der Waals surface area contributed by atoms with E-state index < -0.39 is 17.7 Å². The number of pyridine rings is 1. The Bertz CT molecular complexity index is 1260. The lowest BCUT2D eigenvalue weighted by Crippen LogP contribution is -2.29. The van der Waals surface area contributed by atoms with Gasteiger partial charge in [0.1, 0.15) is 11.5 Å². The minimum atomic E-state index is -0.860. The summed E-state index contributed by atoms with van der Waals surface area (Å²) in [4.78, 5) is 31.8. The van der Waals surface area contributed by atoms with Gasteiger partial charge in [-0.05, 0) is 67.4 Å². The molecule has 4 rings (SSSR count). The number of nitrogens with zero attached hydrogens (tertiary/aromatic N) is 2. The molecule has 0 bridgehead atoms. The molecule has 0 aliphatic carbocycles. The first-order chi connectivity index (χ1) is 16.3. The highest BCUT2D eigenvalue weighted by molar-refractivity contribution is 6.46. The number of hydrogen-bond acceptors (Lipinski definition) is 5. The van der Waals surface area contributed by atoms with Crippen LogP contribution in [-0.2, 0) is 16.1 Å². The van der Waals surface area contributed by atoms with Crippen LogP contribution < -0.4 is 4.74 Å². The van der Waals surface area contributed by atoms with E-state index in [0.717, 1.165) is 5.56 Å². The highest BCUT2D eigenvalue weighted by atomic mass is 35.5. The van der Waals surface area contributed by atoms with E-state index in [2.05, 4.69) is 4.98 Å². The monoisotopic (exact) mass is 496 g/mol. The second-order valence-corrected chi connectivity index (χ2v) is 8.97. The summed E-state index contributed by atoms with van der Waals surface area (Å²) < 4.78 is 5.65. The average Bonchev–Trinajstić information content (AvgIpc) is 3.06. The first-order valence-electron chi connectivity index (χ1n) is 10.7. The Hall–Kier alpha value is -3.35. The first kappa shape index (κ1) is 23.8. The molecule has 2 aromatic carbocycles. The number of aliphatic hydroxyl groups excluding tert-OH is 1. The topological polar surface area (TPSA) is 79.7 Å². The summed E-state index contributed by atoms with van der Waals surface area (Å²) in [6.07, 6.45) is 3.24. The number of aliphatic hydroxyl groups is 1. The van der Waals surface area contributed by atoms with Crippen molar-refractivity contribution in [2.45, 2.75) is 32.5 Å².